The fraction of sp³-hybridized carbons (Fsp3) is 0.556. The third-order valence-electron chi connectivity index (χ3n) is 4.74. The van der Waals surface area contributed by atoms with Gasteiger partial charge in [0.15, 0.2) is 5.16 Å². The molecule has 146 valence electrons. The van der Waals surface area contributed by atoms with Gasteiger partial charge in [-0.25, -0.2) is 0 Å². The fourth-order valence-electron chi connectivity index (χ4n) is 3.04. The topological polar surface area (TPSA) is 107 Å². The van der Waals surface area contributed by atoms with Crippen molar-refractivity contribution in [1.82, 2.24) is 19.7 Å². The maximum atomic E-state index is 12.5. The summed E-state index contributed by atoms with van der Waals surface area (Å²) in [4.78, 5) is 25.5. The van der Waals surface area contributed by atoms with E-state index in [1.807, 2.05) is 21.6 Å². The van der Waals surface area contributed by atoms with Crippen LogP contribution < -0.4 is 5.73 Å². The molecule has 2 amide bonds. The molecule has 0 spiro atoms. The summed E-state index contributed by atoms with van der Waals surface area (Å²) in [6, 6.07) is 3.68. The van der Waals surface area contributed by atoms with Crippen molar-refractivity contribution in [3.8, 4) is 0 Å². The molecule has 0 atom stereocenters. The van der Waals surface area contributed by atoms with Gasteiger partial charge in [0.25, 0.3) is 0 Å². The number of thioether (sulfide) groups is 1. The molecule has 0 radical (unpaired) electrons. The number of nitrogens with two attached hydrogens (primary N) is 1. The zero-order valence-electron chi connectivity index (χ0n) is 15.5. The number of nitrogens with zero attached hydrogens (tertiary/aromatic N) is 4. The minimum absolute atomic E-state index is 0.123. The largest absolute Gasteiger partial charge is 0.467 e. The molecular weight excluding hydrogens is 366 g/mol. The zero-order valence-corrected chi connectivity index (χ0v) is 16.3. The van der Waals surface area contributed by atoms with E-state index in [-0.39, 0.29) is 18.2 Å². The van der Waals surface area contributed by atoms with Crippen LogP contribution in [0.4, 0.5) is 0 Å². The molecule has 2 aromatic rings. The predicted molar refractivity (Wildman–Crippen MR) is 101 cm³/mol. The van der Waals surface area contributed by atoms with Gasteiger partial charge in [-0.2, -0.15) is 0 Å². The first-order valence-electron chi connectivity index (χ1n) is 9.16. The van der Waals surface area contributed by atoms with E-state index in [1.165, 1.54) is 11.8 Å². The number of aryl methyl sites for hydroxylation is 1. The number of hydrogen-bond acceptors (Lipinski definition) is 6. The molecule has 1 aliphatic rings. The molecule has 1 saturated heterocycles. The van der Waals surface area contributed by atoms with E-state index >= 15 is 0 Å². The predicted octanol–water partition coefficient (Wildman–Crippen LogP) is 1.69. The SMILES string of the molecule is CC1CCN(C(=O)CSc2nnc(CCC(N)=O)n2Cc2ccco2)CC1. The highest BCUT2D eigenvalue weighted by molar-refractivity contribution is 7.99. The maximum absolute atomic E-state index is 12.5. The lowest BCUT2D eigenvalue weighted by molar-refractivity contribution is -0.129. The molecule has 3 rings (SSSR count). The summed E-state index contributed by atoms with van der Waals surface area (Å²) in [7, 11) is 0. The van der Waals surface area contributed by atoms with Gasteiger partial charge in [0.1, 0.15) is 11.6 Å². The number of primary amides is 1. The number of carbonyl (C=O) groups is 2. The van der Waals surface area contributed by atoms with Crippen molar-refractivity contribution in [1.29, 1.82) is 0 Å². The van der Waals surface area contributed by atoms with Gasteiger partial charge in [-0.05, 0) is 30.9 Å². The van der Waals surface area contributed by atoms with Crippen LogP contribution in [0.3, 0.4) is 0 Å². The Morgan fingerprint density at radius 1 is 1.33 bits per heavy atom. The van der Waals surface area contributed by atoms with E-state index in [9.17, 15) is 9.59 Å². The van der Waals surface area contributed by atoms with E-state index in [1.54, 1.807) is 6.26 Å². The molecule has 2 N–H and O–H groups in total. The number of carbonyl (C=O) groups excluding carboxylic acids is 2. The molecule has 0 aromatic carbocycles. The van der Waals surface area contributed by atoms with Gasteiger partial charge in [-0.15, -0.1) is 10.2 Å². The van der Waals surface area contributed by atoms with Crippen molar-refractivity contribution in [3.05, 3.63) is 30.0 Å². The molecule has 0 unspecified atom stereocenters. The lowest BCUT2D eigenvalue weighted by atomic mass is 9.99. The smallest absolute Gasteiger partial charge is 0.233 e. The lowest BCUT2D eigenvalue weighted by Gasteiger charge is -2.30. The van der Waals surface area contributed by atoms with Crippen molar-refractivity contribution < 1.29 is 14.0 Å². The Kier molecular flexibility index (Phi) is 6.54. The van der Waals surface area contributed by atoms with Gasteiger partial charge < -0.3 is 15.1 Å². The summed E-state index contributed by atoms with van der Waals surface area (Å²) in [5.41, 5.74) is 5.25. The first-order chi connectivity index (χ1) is 13.0. The van der Waals surface area contributed by atoms with E-state index in [2.05, 4.69) is 17.1 Å². The van der Waals surface area contributed by atoms with E-state index in [4.69, 9.17) is 10.2 Å². The van der Waals surface area contributed by atoms with Crippen LogP contribution in [0, 0.1) is 5.92 Å². The van der Waals surface area contributed by atoms with E-state index in [0.29, 0.717) is 35.6 Å². The second-order valence-electron chi connectivity index (χ2n) is 6.88. The van der Waals surface area contributed by atoms with E-state index < -0.39 is 0 Å². The van der Waals surface area contributed by atoms with Crippen LogP contribution in [-0.4, -0.2) is 50.3 Å². The highest BCUT2D eigenvalue weighted by Gasteiger charge is 2.22. The van der Waals surface area contributed by atoms with Crippen molar-refractivity contribution in [2.45, 2.75) is 44.3 Å². The normalized spacial score (nSPS) is 15.2. The summed E-state index contributed by atoms with van der Waals surface area (Å²) in [6.45, 7) is 4.32. The Morgan fingerprint density at radius 3 is 2.78 bits per heavy atom. The number of rotatable bonds is 8. The van der Waals surface area contributed by atoms with Gasteiger partial charge >= 0.3 is 0 Å². The Balaban J connectivity index is 1.66. The number of hydrogen-bond donors (Lipinski definition) is 1. The van der Waals surface area contributed by atoms with Crippen LogP contribution in [0.2, 0.25) is 0 Å². The highest BCUT2D eigenvalue weighted by Crippen LogP contribution is 2.22. The first kappa shape index (κ1) is 19.5. The lowest BCUT2D eigenvalue weighted by Crippen LogP contribution is -2.38. The minimum atomic E-state index is -0.383. The molecule has 27 heavy (non-hydrogen) atoms. The number of aromatic nitrogens is 3. The molecule has 3 heterocycles. The van der Waals surface area contributed by atoms with Crippen LogP contribution in [0.5, 0.6) is 0 Å². The third-order valence-corrected chi connectivity index (χ3v) is 5.70. The molecule has 0 bridgehead atoms. The summed E-state index contributed by atoms with van der Waals surface area (Å²) in [5.74, 6) is 2.16. The number of piperidine rings is 1. The van der Waals surface area contributed by atoms with Gasteiger partial charge in [-0.3, -0.25) is 14.2 Å². The first-order valence-corrected chi connectivity index (χ1v) is 10.1. The molecule has 9 heteroatoms. The summed E-state index contributed by atoms with van der Waals surface area (Å²) >= 11 is 1.37. The Labute approximate surface area is 162 Å². The summed E-state index contributed by atoms with van der Waals surface area (Å²) in [5, 5.41) is 9.05. The second kappa shape index (κ2) is 9.07. The third kappa shape index (κ3) is 5.35. The van der Waals surface area contributed by atoms with Crippen molar-refractivity contribution >= 4 is 23.6 Å². The number of furan rings is 1. The number of amides is 2. The maximum Gasteiger partial charge on any atom is 0.233 e. The highest BCUT2D eigenvalue weighted by atomic mass is 32.2. The van der Waals surface area contributed by atoms with Crippen LogP contribution in [0.15, 0.2) is 28.0 Å². The summed E-state index contributed by atoms with van der Waals surface area (Å²) in [6.07, 6.45) is 4.33. The second-order valence-corrected chi connectivity index (χ2v) is 7.83. The fourth-order valence-corrected chi connectivity index (χ4v) is 3.90. The monoisotopic (exact) mass is 391 g/mol. The molecule has 0 aliphatic carbocycles. The van der Waals surface area contributed by atoms with Crippen LogP contribution >= 0.6 is 11.8 Å². The Hall–Kier alpha value is -2.29. The molecule has 0 saturated carbocycles. The molecule has 1 fully saturated rings. The standard InChI is InChI=1S/C18H25N5O3S/c1-13-6-8-22(9-7-13)17(25)12-27-18-21-20-16(5-4-15(19)24)23(18)11-14-3-2-10-26-14/h2-3,10,13H,4-9,11-12H2,1H3,(H2,19,24). The molecule has 2 aromatic heterocycles. The van der Waals surface area contributed by atoms with Crippen LogP contribution in [0.1, 0.15) is 37.8 Å². The van der Waals surface area contributed by atoms with Gasteiger partial charge in [0.2, 0.25) is 11.8 Å². The van der Waals surface area contributed by atoms with Gasteiger partial charge in [0, 0.05) is 25.9 Å². The minimum Gasteiger partial charge on any atom is -0.467 e. The summed E-state index contributed by atoms with van der Waals surface area (Å²) < 4.78 is 7.31. The van der Waals surface area contributed by atoms with Crippen molar-refractivity contribution in [2.24, 2.45) is 11.7 Å². The van der Waals surface area contributed by atoms with E-state index in [0.717, 1.165) is 31.7 Å². The average molecular weight is 391 g/mol. The molecule has 1 aliphatic heterocycles. The zero-order chi connectivity index (χ0) is 19.2. The molecule has 8 nitrogen and oxygen atoms in total. The Bertz CT molecular complexity index is 766. The van der Waals surface area contributed by atoms with Crippen molar-refractivity contribution in [3.63, 3.8) is 0 Å². The molecular formula is C18H25N5O3S. The quantitative estimate of drug-likeness (QED) is 0.686. The van der Waals surface area contributed by atoms with Crippen molar-refractivity contribution in [2.75, 3.05) is 18.8 Å². The van der Waals surface area contributed by atoms with Crippen LogP contribution in [0.25, 0.3) is 0 Å². The van der Waals surface area contributed by atoms with Crippen LogP contribution in [-0.2, 0) is 22.6 Å². The Morgan fingerprint density at radius 2 is 2.11 bits per heavy atom. The van der Waals surface area contributed by atoms with Gasteiger partial charge in [0.05, 0.1) is 18.6 Å². The average Bonchev–Trinajstić information content (AvgIpc) is 3.29. The van der Waals surface area contributed by atoms with Gasteiger partial charge in [-0.1, -0.05) is 18.7 Å². The number of likely N-dealkylation sites (tertiary alicyclic amines) is 1.